The van der Waals surface area contributed by atoms with Crippen LogP contribution < -0.4 is 0 Å². The number of benzene rings is 1. The molecule has 0 aromatic heterocycles. The van der Waals surface area contributed by atoms with E-state index in [9.17, 15) is 8.42 Å². The summed E-state index contributed by atoms with van der Waals surface area (Å²) in [6.45, 7) is 2.81. The number of rotatable bonds is 7. The van der Waals surface area contributed by atoms with Crippen molar-refractivity contribution in [1.29, 1.82) is 0 Å². The van der Waals surface area contributed by atoms with Crippen LogP contribution in [0.1, 0.15) is 17.5 Å². The summed E-state index contributed by atoms with van der Waals surface area (Å²) < 4.78 is 27.1. The van der Waals surface area contributed by atoms with E-state index in [4.69, 9.17) is 11.6 Å². The highest BCUT2D eigenvalue weighted by molar-refractivity contribution is 7.86. The van der Waals surface area contributed by atoms with E-state index in [-0.39, 0.29) is 0 Å². The first kappa shape index (κ1) is 16.4. The Bertz CT molecular complexity index is 488. The topological polar surface area (TPSA) is 40.6 Å². The Morgan fingerprint density at radius 2 is 1.68 bits per heavy atom. The Kier molecular flexibility index (Phi) is 6.26. The lowest BCUT2D eigenvalue weighted by Crippen LogP contribution is -2.39. The van der Waals surface area contributed by atoms with Gasteiger partial charge in [-0.3, -0.25) is 0 Å². The molecule has 0 heterocycles. The van der Waals surface area contributed by atoms with Crippen LogP contribution in [0.4, 0.5) is 0 Å². The Hall–Kier alpha value is -0.620. The van der Waals surface area contributed by atoms with Crippen LogP contribution in [0.5, 0.6) is 0 Å². The number of halogens is 1. The van der Waals surface area contributed by atoms with Gasteiger partial charge >= 0.3 is 0 Å². The van der Waals surface area contributed by atoms with Crippen molar-refractivity contribution < 1.29 is 8.42 Å². The third-order valence-electron chi connectivity index (χ3n) is 2.92. The number of hydrogen-bond donors (Lipinski definition) is 0. The normalized spacial score (nSPS) is 12.3. The van der Waals surface area contributed by atoms with Gasteiger partial charge in [0.05, 0.1) is 0 Å². The molecule has 0 saturated carbocycles. The van der Waals surface area contributed by atoms with Gasteiger partial charge in [-0.2, -0.15) is 17.0 Å². The van der Waals surface area contributed by atoms with E-state index in [0.717, 1.165) is 11.1 Å². The molecule has 0 aliphatic heterocycles. The average Bonchev–Trinajstić information content (AvgIpc) is 2.38. The lowest BCUT2D eigenvalue weighted by molar-refractivity contribution is 0.389. The van der Waals surface area contributed by atoms with Gasteiger partial charge in [-0.25, -0.2) is 0 Å². The predicted molar refractivity (Wildman–Crippen MR) is 79.5 cm³/mol. The molecule has 108 valence electrons. The van der Waals surface area contributed by atoms with Gasteiger partial charge < -0.3 is 0 Å². The predicted octanol–water partition coefficient (Wildman–Crippen LogP) is 2.23. The molecule has 0 bridgehead atoms. The minimum Gasteiger partial charge on any atom is -0.195 e. The van der Waals surface area contributed by atoms with Crippen molar-refractivity contribution in [1.82, 2.24) is 8.61 Å². The molecule has 0 amide bonds. The molecule has 1 aromatic carbocycles. The van der Waals surface area contributed by atoms with Gasteiger partial charge in [0, 0.05) is 33.1 Å². The summed E-state index contributed by atoms with van der Waals surface area (Å²) in [6, 6.07) is 7.85. The van der Waals surface area contributed by atoms with Gasteiger partial charge in [-0.15, -0.1) is 11.6 Å². The Morgan fingerprint density at radius 3 is 2.21 bits per heavy atom. The monoisotopic (exact) mass is 304 g/mol. The van der Waals surface area contributed by atoms with Crippen LogP contribution in [0.15, 0.2) is 24.3 Å². The zero-order valence-electron chi connectivity index (χ0n) is 11.6. The molecule has 0 atom stereocenters. The molecule has 1 aromatic rings. The second kappa shape index (κ2) is 7.24. The fourth-order valence-corrected chi connectivity index (χ4v) is 2.94. The largest absolute Gasteiger partial charge is 0.281 e. The SMILES string of the molecule is Cc1ccc(CN(C)S(=O)(=O)N(C)CCCCl)cc1. The van der Waals surface area contributed by atoms with E-state index in [1.54, 1.807) is 14.1 Å². The third kappa shape index (κ3) is 4.76. The quantitative estimate of drug-likeness (QED) is 0.725. The molecule has 0 saturated heterocycles. The molecule has 1 rings (SSSR count). The van der Waals surface area contributed by atoms with Crippen LogP contribution in [-0.2, 0) is 16.8 Å². The third-order valence-corrected chi connectivity index (χ3v) is 5.07. The summed E-state index contributed by atoms with van der Waals surface area (Å²) in [5, 5.41) is 0. The van der Waals surface area contributed by atoms with Crippen LogP contribution in [0.25, 0.3) is 0 Å². The van der Waals surface area contributed by atoms with Crippen LogP contribution in [0, 0.1) is 6.92 Å². The maximum atomic E-state index is 12.2. The number of alkyl halides is 1. The van der Waals surface area contributed by atoms with E-state index in [2.05, 4.69) is 0 Å². The molecule has 0 spiro atoms. The zero-order valence-corrected chi connectivity index (χ0v) is 13.2. The first-order valence-electron chi connectivity index (χ1n) is 6.17. The fourth-order valence-electron chi connectivity index (χ4n) is 1.67. The van der Waals surface area contributed by atoms with Crippen molar-refractivity contribution in [3.63, 3.8) is 0 Å². The van der Waals surface area contributed by atoms with Gasteiger partial charge in [0.1, 0.15) is 0 Å². The Morgan fingerprint density at radius 1 is 1.11 bits per heavy atom. The number of hydrogen-bond acceptors (Lipinski definition) is 2. The molecule has 0 fully saturated rings. The summed E-state index contributed by atoms with van der Waals surface area (Å²) in [6.07, 6.45) is 0.648. The van der Waals surface area contributed by atoms with Crippen LogP contribution in [0.2, 0.25) is 0 Å². The molecule has 0 aliphatic carbocycles. The molecule has 0 aliphatic rings. The van der Waals surface area contributed by atoms with Crippen LogP contribution in [0.3, 0.4) is 0 Å². The summed E-state index contributed by atoms with van der Waals surface area (Å²) in [4.78, 5) is 0. The van der Waals surface area contributed by atoms with Crippen molar-refractivity contribution in [2.75, 3.05) is 26.5 Å². The van der Waals surface area contributed by atoms with E-state index in [1.165, 1.54) is 8.61 Å². The fraction of sp³-hybridized carbons (Fsp3) is 0.538. The van der Waals surface area contributed by atoms with Crippen molar-refractivity contribution in [2.24, 2.45) is 0 Å². The standard InChI is InChI=1S/C13H21ClN2O2S/c1-12-5-7-13(8-6-12)11-16(3)19(17,18)15(2)10-4-9-14/h5-8H,4,9-11H2,1-3H3. The summed E-state index contributed by atoms with van der Waals surface area (Å²) in [7, 11) is -0.245. The lowest BCUT2D eigenvalue weighted by Gasteiger charge is -2.24. The second-order valence-corrected chi connectivity index (χ2v) is 7.13. The first-order valence-corrected chi connectivity index (χ1v) is 8.10. The molecule has 0 radical (unpaired) electrons. The molecule has 0 N–H and O–H groups in total. The minimum absolute atomic E-state index is 0.369. The lowest BCUT2D eigenvalue weighted by atomic mass is 10.1. The van der Waals surface area contributed by atoms with Gasteiger partial charge in [0.25, 0.3) is 10.2 Å². The average molecular weight is 305 g/mol. The maximum absolute atomic E-state index is 12.2. The van der Waals surface area contributed by atoms with Crippen LogP contribution in [-0.4, -0.2) is 43.5 Å². The molecular formula is C13H21ClN2O2S. The van der Waals surface area contributed by atoms with Crippen molar-refractivity contribution in [3.8, 4) is 0 Å². The highest BCUT2D eigenvalue weighted by Crippen LogP contribution is 2.11. The maximum Gasteiger partial charge on any atom is 0.281 e. The van der Waals surface area contributed by atoms with E-state index < -0.39 is 10.2 Å². The van der Waals surface area contributed by atoms with Gasteiger partial charge in [0.15, 0.2) is 0 Å². The van der Waals surface area contributed by atoms with E-state index in [0.29, 0.717) is 25.4 Å². The Balaban J connectivity index is 2.70. The van der Waals surface area contributed by atoms with Crippen molar-refractivity contribution in [2.45, 2.75) is 19.9 Å². The molecule has 19 heavy (non-hydrogen) atoms. The number of nitrogens with zero attached hydrogens (tertiary/aromatic N) is 2. The second-order valence-electron chi connectivity index (χ2n) is 4.61. The van der Waals surface area contributed by atoms with Gasteiger partial charge in [-0.05, 0) is 18.9 Å². The highest BCUT2D eigenvalue weighted by Gasteiger charge is 2.23. The van der Waals surface area contributed by atoms with Gasteiger partial charge in [-0.1, -0.05) is 29.8 Å². The zero-order chi connectivity index (χ0) is 14.5. The molecule has 0 unspecified atom stereocenters. The van der Waals surface area contributed by atoms with E-state index in [1.807, 2.05) is 31.2 Å². The molecule has 6 heteroatoms. The van der Waals surface area contributed by atoms with Crippen molar-refractivity contribution >= 4 is 21.8 Å². The summed E-state index contributed by atoms with van der Waals surface area (Å²) in [5.41, 5.74) is 2.14. The van der Waals surface area contributed by atoms with Crippen LogP contribution >= 0.6 is 11.6 Å². The Labute approximate surface area is 121 Å². The summed E-state index contributed by atoms with van der Waals surface area (Å²) in [5.74, 6) is 0.460. The minimum atomic E-state index is -3.41. The highest BCUT2D eigenvalue weighted by atomic mass is 35.5. The summed E-state index contributed by atoms with van der Waals surface area (Å²) >= 11 is 5.58. The smallest absolute Gasteiger partial charge is 0.195 e. The molecular weight excluding hydrogens is 284 g/mol. The van der Waals surface area contributed by atoms with Gasteiger partial charge in [0.2, 0.25) is 0 Å². The number of aryl methyl sites for hydroxylation is 1. The first-order chi connectivity index (χ1) is 8.87. The molecule has 4 nitrogen and oxygen atoms in total. The van der Waals surface area contributed by atoms with Crippen molar-refractivity contribution in [3.05, 3.63) is 35.4 Å². The van der Waals surface area contributed by atoms with E-state index >= 15 is 0 Å².